The zero-order chi connectivity index (χ0) is 10.1. The van der Waals surface area contributed by atoms with Gasteiger partial charge in [0.15, 0.2) is 0 Å². The number of nitrogens with zero attached hydrogens (tertiary/aromatic N) is 1. The second kappa shape index (κ2) is 3.36. The molecule has 1 aromatic rings. The third-order valence-electron chi connectivity index (χ3n) is 1.79. The van der Waals surface area contributed by atoms with Crippen LogP contribution >= 0.6 is 0 Å². The molecule has 0 saturated heterocycles. The molecule has 1 unspecified atom stereocenters. The molecule has 1 atom stereocenters. The lowest BCUT2D eigenvalue weighted by Crippen LogP contribution is -2.10. The Morgan fingerprint density at radius 3 is 2.54 bits per heavy atom. The van der Waals surface area contributed by atoms with Gasteiger partial charge in [0.25, 0.3) is 0 Å². The van der Waals surface area contributed by atoms with E-state index in [-0.39, 0.29) is 11.3 Å². The maximum absolute atomic E-state index is 10.7. The van der Waals surface area contributed by atoms with Crippen LogP contribution in [0, 0.1) is 5.41 Å². The van der Waals surface area contributed by atoms with E-state index in [2.05, 4.69) is 31.0 Å². The van der Waals surface area contributed by atoms with Crippen LogP contribution < -0.4 is 5.76 Å². The molecule has 0 aliphatic carbocycles. The third kappa shape index (κ3) is 3.05. The summed E-state index contributed by atoms with van der Waals surface area (Å²) in [5.74, 6) is 0.203. The van der Waals surface area contributed by atoms with Crippen LogP contribution in [0.4, 0.5) is 0 Å². The first-order chi connectivity index (χ1) is 5.88. The minimum atomic E-state index is -0.476. The van der Waals surface area contributed by atoms with Gasteiger partial charge in [0, 0.05) is 5.92 Å². The van der Waals surface area contributed by atoms with E-state index < -0.39 is 5.76 Å². The van der Waals surface area contributed by atoms with Gasteiger partial charge in [-0.3, -0.25) is 0 Å². The van der Waals surface area contributed by atoms with Crippen LogP contribution in [0.1, 0.15) is 45.9 Å². The van der Waals surface area contributed by atoms with Crippen molar-refractivity contribution in [1.29, 1.82) is 0 Å². The van der Waals surface area contributed by atoms with E-state index in [0.717, 1.165) is 6.42 Å². The monoisotopic (exact) mass is 184 g/mol. The molecule has 0 radical (unpaired) electrons. The van der Waals surface area contributed by atoms with Crippen LogP contribution in [0.25, 0.3) is 0 Å². The maximum atomic E-state index is 10.7. The maximum Gasteiger partial charge on any atom is 0.434 e. The van der Waals surface area contributed by atoms with Gasteiger partial charge in [0.2, 0.25) is 5.89 Å². The summed E-state index contributed by atoms with van der Waals surface area (Å²) >= 11 is 0. The van der Waals surface area contributed by atoms with Gasteiger partial charge in [0.05, 0.1) is 0 Å². The number of H-pyrrole nitrogens is 1. The fourth-order valence-electron chi connectivity index (χ4n) is 1.46. The van der Waals surface area contributed by atoms with Crippen molar-refractivity contribution >= 4 is 0 Å². The van der Waals surface area contributed by atoms with Crippen molar-refractivity contribution in [3.8, 4) is 0 Å². The fourth-order valence-corrected chi connectivity index (χ4v) is 1.46. The number of aromatic nitrogens is 2. The quantitative estimate of drug-likeness (QED) is 0.763. The Hall–Kier alpha value is -1.06. The molecule has 0 aliphatic heterocycles. The van der Waals surface area contributed by atoms with Crippen molar-refractivity contribution in [3.05, 3.63) is 16.4 Å². The second-order valence-corrected chi connectivity index (χ2v) is 4.62. The topological polar surface area (TPSA) is 58.9 Å². The van der Waals surface area contributed by atoms with E-state index in [0.29, 0.717) is 5.89 Å². The van der Waals surface area contributed by atoms with Crippen molar-refractivity contribution < 1.29 is 4.42 Å². The summed E-state index contributed by atoms with van der Waals surface area (Å²) in [5.41, 5.74) is 0.219. The molecule has 1 heterocycles. The van der Waals surface area contributed by atoms with Gasteiger partial charge < -0.3 is 4.42 Å². The van der Waals surface area contributed by atoms with E-state index in [4.69, 9.17) is 4.42 Å². The van der Waals surface area contributed by atoms with Gasteiger partial charge in [-0.1, -0.05) is 27.7 Å². The lowest BCUT2D eigenvalue weighted by atomic mass is 9.85. The molecule has 0 spiro atoms. The van der Waals surface area contributed by atoms with Crippen molar-refractivity contribution in [3.63, 3.8) is 0 Å². The Morgan fingerprint density at radius 2 is 2.15 bits per heavy atom. The van der Waals surface area contributed by atoms with Gasteiger partial charge in [-0.05, 0) is 11.8 Å². The minimum absolute atomic E-state index is 0.180. The first-order valence-electron chi connectivity index (χ1n) is 4.44. The molecular weight excluding hydrogens is 168 g/mol. The fraction of sp³-hybridized carbons (Fsp3) is 0.778. The Labute approximate surface area is 77.3 Å². The van der Waals surface area contributed by atoms with E-state index in [1.165, 1.54) is 0 Å². The summed E-state index contributed by atoms with van der Waals surface area (Å²) in [4.78, 5) is 10.7. The molecule has 13 heavy (non-hydrogen) atoms. The lowest BCUT2D eigenvalue weighted by molar-refractivity contribution is 0.314. The molecule has 0 bridgehead atoms. The average Bonchev–Trinajstić information content (AvgIpc) is 2.31. The molecule has 4 nitrogen and oxygen atoms in total. The molecule has 0 saturated carbocycles. The molecule has 0 amide bonds. The summed E-state index contributed by atoms with van der Waals surface area (Å²) in [7, 11) is 0. The lowest BCUT2D eigenvalue weighted by Gasteiger charge is -2.20. The predicted octanol–water partition coefficient (Wildman–Crippen LogP) is 1.90. The Balaban J connectivity index is 2.69. The van der Waals surface area contributed by atoms with Crippen LogP contribution in [0.2, 0.25) is 0 Å². The molecule has 0 fully saturated rings. The van der Waals surface area contributed by atoms with Gasteiger partial charge in [-0.25, -0.2) is 9.89 Å². The first kappa shape index (κ1) is 10.0. The summed E-state index contributed by atoms with van der Waals surface area (Å²) in [6.45, 7) is 8.45. The Kier molecular flexibility index (Phi) is 2.59. The van der Waals surface area contributed by atoms with Crippen LogP contribution in [-0.2, 0) is 0 Å². The SMILES string of the molecule is CC(CC(C)(C)C)c1n[nH]c(=O)o1. The van der Waals surface area contributed by atoms with Crippen molar-refractivity contribution in [1.82, 2.24) is 10.2 Å². The van der Waals surface area contributed by atoms with Crippen molar-refractivity contribution in [2.75, 3.05) is 0 Å². The Morgan fingerprint density at radius 1 is 1.54 bits per heavy atom. The average molecular weight is 184 g/mol. The standard InChI is InChI=1S/C9H16N2O2/c1-6(5-9(2,3)4)7-10-11-8(12)13-7/h6H,5H2,1-4H3,(H,11,12). The largest absolute Gasteiger partial charge is 0.434 e. The highest BCUT2D eigenvalue weighted by Crippen LogP contribution is 2.28. The minimum Gasteiger partial charge on any atom is -0.392 e. The van der Waals surface area contributed by atoms with Gasteiger partial charge in [-0.15, -0.1) is 5.10 Å². The highest BCUT2D eigenvalue weighted by Gasteiger charge is 2.20. The summed E-state index contributed by atoms with van der Waals surface area (Å²) in [6, 6.07) is 0. The zero-order valence-corrected chi connectivity index (χ0v) is 8.55. The summed E-state index contributed by atoms with van der Waals surface area (Å²) in [6.07, 6.45) is 0.945. The number of hydrogen-bond donors (Lipinski definition) is 1. The second-order valence-electron chi connectivity index (χ2n) is 4.62. The molecule has 1 aromatic heterocycles. The highest BCUT2D eigenvalue weighted by molar-refractivity contribution is 4.87. The first-order valence-corrected chi connectivity index (χ1v) is 4.44. The van der Waals surface area contributed by atoms with E-state index in [1.54, 1.807) is 0 Å². The summed E-state index contributed by atoms with van der Waals surface area (Å²) in [5, 5.41) is 6.06. The normalized spacial score (nSPS) is 14.5. The van der Waals surface area contributed by atoms with E-state index in [9.17, 15) is 4.79 Å². The van der Waals surface area contributed by atoms with Crippen molar-refractivity contribution in [2.45, 2.75) is 40.0 Å². The van der Waals surface area contributed by atoms with Crippen LogP contribution in [0.5, 0.6) is 0 Å². The molecule has 1 rings (SSSR count). The van der Waals surface area contributed by atoms with Crippen LogP contribution in [0.15, 0.2) is 9.21 Å². The molecule has 0 aromatic carbocycles. The zero-order valence-electron chi connectivity index (χ0n) is 8.55. The molecule has 4 heteroatoms. The number of rotatable bonds is 2. The molecule has 0 aliphatic rings. The molecule has 1 N–H and O–H groups in total. The van der Waals surface area contributed by atoms with Gasteiger partial charge in [0.1, 0.15) is 0 Å². The molecule has 74 valence electrons. The van der Waals surface area contributed by atoms with E-state index in [1.807, 2.05) is 6.92 Å². The number of hydrogen-bond acceptors (Lipinski definition) is 3. The van der Waals surface area contributed by atoms with Crippen LogP contribution in [-0.4, -0.2) is 10.2 Å². The molecular formula is C9H16N2O2. The number of nitrogens with one attached hydrogen (secondary N) is 1. The smallest absolute Gasteiger partial charge is 0.392 e. The van der Waals surface area contributed by atoms with E-state index >= 15 is 0 Å². The summed E-state index contributed by atoms with van der Waals surface area (Å²) < 4.78 is 4.87. The number of aromatic amines is 1. The predicted molar refractivity (Wildman–Crippen MR) is 49.6 cm³/mol. The van der Waals surface area contributed by atoms with Crippen LogP contribution in [0.3, 0.4) is 0 Å². The third-order valence-corrected chi connectivity index (χ3v) is 1.79. The Bertz CT molecular complexity index is 319. The van der Waals surface area contributed by atoms with Gasteiger partial charge in [-0.2, -0.15) is 0 Å². The highest BCUT2D eigenvalue weighted by atomic mass is 16.4. The van der Waals surface area contributed by atoms with Gasteiger partial charge >= 0.3 is 5.76 Å². The van der Waals surface area contributed by atoms with Crippen molar-refractivity contribution in [2.24, 2.45) is 5.41 Å².